The molecule has 0 bridgehead atoms. The van der Waals surface area contributed by atoms with E-state index in [4.69, 9.17) is 15.9 Å². The summed E-state index contributed by atoms with van der Waals surface area (Å²) in [5.41, 5.74) is 5.66. The molecule has 0 saturated carbocycles. The number of hydrogen-bond acceptors (Lipinski definition) is 4. The summed E-state index contributed by atoms with van der Waals surface area (Å²) in [6.45, 7) is 1.56. The average Bonchev–Trinajstić information content (AvgIpc) is 2.08. The van der Waals surface area contributed by atoms with Gasteiger partial charge in [-0.25, -0.2) is 0 Å². The van der Waals surface area contributed by atoms with Gasteiger partial charge in [0.2, 0.25) is 0 Å². The molecule has 0 aliphatic carbocycles. The molecule has 1 rings (SSSR count). The van der Waals surface area contributed by atoms with Crippen molar-refractivity contribution in [3.63, 3.8) is 0 Å². The van der Waals surface area contributed by atoms with Gasteiger partial charge in [0.1, 0.15) is 0 Å². The number of rotatable bonds is 2. The zero-order valence-corrected chi connectivity index (χ0v) is 7.19. The molecule has 0 spiro atoms. The Bertz CT molecular complexity index is 334. The van der Waals surface area contributed by atoms with E-state index < -0.39 is 6.04 Å². The molecule has 0 unspecified atom stereocenters. The monoisotopic (exact) mass is 181 g/mol. The van der Waals surface area contributed by atoms with Gasteiger partial charge in [-0.2, -0.15) is 0 Å². The summed E-state index contributed by atoms with van der Waals surface area (Å²) in [6.07, 6.45) is 0. The Kier molecular flexibility index (Phi) is 2.53. The maximum atomic E-state index is 11.3. The van der Waals surface area contributed by atoms with Crippen LogP contribution in [0.5, 0.6) is 11.5 Å². The number of ketones is 1. The molecule has 70 valence electrons. The first-order valence-electron chi connectivity index (χ1n) is 3.84. The summed E-state index contributed by atoms with van der Waals surface area (Å²) in [6, 6.07) is 3.26. The highest BCUT2D eigenvalue weighted by molar-refractivity contribution is 6.00. The molecule has 4 heteroatoms. The van der Waals surface area contributed by atoms with Crippen LogP contribution in [0.2, 0.25) is 0 Å². The summed E-state index contributed by atoms with van der Waals surface area (Å²) in [5.74, 6) is -0.831. The van der Waals surface area contributed by atoms with Gasteiger partial charge in [-0.05, 0) is 25.1 Å². The van der Waals surface area contributed by atoms with Gasteiger partial charge in [-0.15, -0.1) is 0 Å². The van der Waals surface area contributed by atoms with Crippen molar-refractivity contribution >= 4 is 5.78 Å². The fraction of sp³-hybridized carbons (Fsp3) is 0.222. The molecule has 4 N–H and O–H groups in total. The largest absolute Gasteiger partial charge is 0.504 e. The van der Waals surface area contributed by atoms with Gasteiger partial charge in [0.25, 0.3) is 0 Å². The maximum Gasteiger partial charge on any atom is 0.179 e. The topological polar surface area (TPSA) is 83.6 Å². The molecular weight excluding hydrogens is 170 g/mol. The molecule has 0 aliphatic rings. The van der Waals surface area contributed by atoms with E-state index in [9.17, 15) is 4.79 Å². The molecule has 0 aromatic heterocycles. The molecule has 1 aromatic rings. The fourth-order valence-electron chi connectivity index (χ4n) is 0.940. The smallest absolute Gasteiger partial charge is 0.179 e. The van der Waals surface area contributed by atoms with Crippen LogP contribution in [0.4, 0.5) is 0 Å². The average molecular weight is 181 g/mol. The molecule has 0 radical (unpaired) electrons. The van der Waals surface area contributed by atoms with Gasteiger partial charge in [0, 0.05) is 5.56 Å². The van der Waals surface area contributed by atoms with Crippen molar-refractivity contribution in [3.8, 4) is 11.5 Å². The fourth-order valence-corrected chi connectivity index (χ4v) is 0.940. The Morgan fingerprint density at radius 3 is 2.46 bits per heavy atom. The maximum absolute atomic E-state index is 11.3. The molecule has 4 nitrogen and oxygen atoms in total. The minimum absolute atomic E-state index is 0.249. The molecule has 1 atom stereocenters. The van der Waals surface area contributed by atoms with E-state index in [1.54, 1.807) is 6.92 Å². The lowest BCUT2D eigenvalue weighted by atomic mass is 10.1. The van der Waals surface area contributed by atoms with Crippen LogP contribution in [0.25, 0.3) is 0 Å². The minimum Gasteiger partial charge on any atom is -0.504 e. The molecule has 0 amide bonds. The van der Waals surface area contributed by atoms with E-state index in [-0.39, 0.29) is 17.3 Å². The van der Waals surface area contributed by atoms with Gasteiger partial charge in [0.15, 0.2) is 17.3 Å². The van der Waals surface area contributed by atoms with Crippen LogP contribution >= 0.6 is 0 Å². The van der Waals surface area contributed by atoms with Crippen molar-refractivity contribution in [1.82, 2.24) is 0 Å². The second kappa shape index (κ2) is 3.45. The molecule has 0 fully saturated rings. The first-order chi connectivity index (χ1) is 6.02. The van der Waals surface area contributed by atoms with Crippen LogP contribution in [0.15, 0.2) is 18.2 Å². The van der Waals surface area contributed by atoms with Crippen molar-refractivity contribution in [2.24, 2.45) is 5.73 Å². The highest BCUT2D eigenvalue weighted by Crippen LogP contribution is 2.25. The second-order valence-electron chi connectivity index (χ2n) is 2.86. The quantitative estimate of drug-likeness (QED) is 0.461. The third kappa shape index (κ3) is 1.97. The van der Waals surface area contributed by atoms with E-state index in [0.717, 1.165) is 0 Å². The number of hydrogen-bond donors (Lipinski definition) is 3. The molecular formula is C9H11NO3. The number of carbonyl (C=O) groups excluding carboxylic acids is 1. The van der Waals surface area contributed by atoms with Gasteiger partial charge in [0.05, 0.1) is 6.04 Å². The second-order valence-corrected chi connectivity index (χ2v) is 2.86. The van der Waals surface area contributed by atoms with Crippen molar-refractivity contribution in [3.05, 3.63) is 23.8 Å². The van der Waals surface area contributed by atoms with E-state index in [2.05, 4.69) is 0 Å². The zero-order valence-electron chi connectivity index (χ0n) is 7.19. The van der Waals surface area contributed by atoms with E-state index in [1.165, 1.54) is 18.2 Å². The SMILES string of the molecule is C[C@H](N)C(=O)c1ccc(O)c(O)c1. The number of aromatic hydroxyl groups is 2. The predicted molar refractivity (Wildman–Crippen MR) is 47.8 cm³/mol. The molecule has 0 heterocycles. The Hall–Kier alpha value is -1.55. The highest BCUT2D eigenvalue weighted by atomic mass is 16.3. The Morgan fingerprint density at radius 2 is 2.00 bits per heavy atom. The standard InChI is InChI=1S/C9H11NO3/c1-5(10)9(13)6-2-3-7(11)8(12)4-6/h2-5,11-12H,10H2,1H3/t5-/m0/s1. The third-order valence-corrected chi connectivity index (χ3v) is 1.67. The van der Waals surface area contributed by atoms with Crippen molar-refractivity contribution in [1.29, 1.82) is 0 Å². The zero-order chi connectivity index (χ0) is 10.0. The van der Waals surface area contributed by atoms with E-state index >= 15 is 0 Å². The summed E-state index contributed by atoms with van der Waals surface area (Å²) in [7, 11) is 0. The van der Waals surface area contributed by atoms with Gasteiger partial charge in [-0.1, -0.05) is 0 Å². The summed E-state index contributed by atoms with van der Waals surface area (Å²) in [5, 5.41) is 18.1. The van der Waals surface area contributed by atoms with Gasteiger partial charge in [-0.3, -0.25) is 4.79 Å². The van der Waals surface area contributed by atoms with Gasteiger partial charge >= 0.3 is 0 Å². The summed E-state index contributed by atoms with van der Waals surface area (Å²) < 4.78 is 0. The van der Waals surface area contributed by atoms with E-state index in [1.807, 2.05) is 0 Å². The van der Waals surface area contributed by atoms with Crippen molar-refractivity contribution in [2.45, 2.75) is 13.0 Å². The minimum atomic E-state index is -0.607. The van der Waals surface area contributed by atoms with Crippen LogP contribution in [0, 0.1) is 0 Å². The first kappa shape index (κ1) is 9.54. The normalized spacial score (nSPS) is 12.5. The molecule has 0 saturated heterocycles. The highest BCUT2D eigenvalue weighted by Gasteiger charge is 2.12. The number of phenols is 2. The molecule has 0 aliphatic heterocycles. The van der Waals surface area contributed by atoms with Crippen LogP contribution in [-0.2, 0) is 0 Å². The lowest BCUT2D eigenvalue weighted by molar-refractivity contribution is 0.0967. The summed E-state index contributed by atoms with van der Waals surface area (Å²) in [4.78, 5) is 11.3. The van der Waals surface area contributed by atoms with Gasteiger partial charge < -0.3 is 15.9 Å². The molecule has 1 aromatic carbocycles. The van der Waals surface area contributed by atoms with Crippen LogP contribution in [-0.4, -0.2) is 22.0 Å². The number of carbonyl (C=O) groups is 1. The lowest BCUT2D eigenvalue weighted by Gasteiger charge is -2.05. The molecule has 13 heavy (non-hydrogen) atoms. The Balaban J connectivity index is 3.04. The Labute approximate surface area is 75.6 Å². The number of nitrogens with two attached hydrogens (primary N) is 1. The summed E-state index contributed by atoms with van der Waals surface area (Å²) >= 11 is 0. The van der Waals surface area contributed by atoms with Crippen LogP contribution in [0.3, 0.4) is 0 Å². The van der Waals surface area contributed by atoms with E-state index in [0.29, 0.717) is 5.56 Å². The van der Waals surface area contributed by atoms with Crippen molar-refractivity contribution in [2.75, 3.05) is 0 Å². The van der Waals surface area contributed by atoms with Crippen LogP contribution < -0.4 is 5.73 Å². The van der Waals surface area contributed by atoms with Crippen molar-refractivity contribution < 1.29 is 15.0 Å². The number of phenolic OH excluding ortho intramolecular Hbond substituents is 2. The van der Waals surface area contributed by atoms with Crippen LogP contribution in [0.1, 0.15) is 17.3 Å². The third-order valence-electron chi connectivity index (χ3n) is 1.67. The first-order valence-corrected chi connectivity index (χ1v) is 3.84. The number of benzene rings is 1. The lowest BCUT2D eigenvalue weighted by Crippen LogP contribution is -2.26. The number of Topliss-reactive ketones (excluding diaryl/α,β-unsaturated/α-hetero) is 1. The Morgan fingerprint density at radius 1 is 1.38 bits per heavy atom. The predicted octanol–water partition coefficient (Wildman–Crippen LogP) is 0.628.